The number of aromatic nitrogens is 2. The van der Waals surface area contributed by atoms with E-state index in [-0.39, 0.29) is 17.6 Å². The van der Waals surface area contributed by atoms with Crippen LogP contribution >= 0.6 is 0 Å². The zero-order chi connectivity index (χ0) is 18.6. The molecular formula is C21H26FN3O2. The van der Waals surface area contributed by atoms with Crippen molar-refractivity contribution >= 4 is 5.91 Å². The Kier molecular flexibility index (Phi) is 5.50. The minimum atomic E-state index is -0.285. The third kappa shape index (κ3) is 4.37. The van der Waals surface area contributed by atoms with E-state index in [2.05, 4.69) is 10.1 Å². The summed E-state index contributed by atoms with van der Waals surface area (Å²) in [5.41, 5.74) is 0.742. The molecule has 1 aromatic carbocycles. The number of carbonyl (C=O) groups is 1. The summed E-state index contributed by atoms with van der Waals surface area (Å²) >= 11 is 0. The van der Waals surface area contributed by atoms with E-state index in [4.69, 9.17) is 4.52 Å². The Morgan fingerprint density at radius 2 is 1.81 bits per heavy atom. The molecule has 2 aliphatic rings. The smallest absolute Gasteiger partial charge is 0.230 e. The van der Waals surface area contributed by atoms with E-state index in [0.29, 0.717) is 18.1 Å². The van der Waals surface area contributed by atoms with Crippen LogP contribution in [-0.2, 0) is 4.79 Å². The molecule has 0 radical (unpaired) electrons. The molecule has 5 nitrogen and oxygen atoms in total. The lowest BCUT2D eigenvalue weighted by atomic mass is 9.95. The molecule has 27 heavy (non-hydrogen) atoms. The van der Waals surface area contributed by atoms with Crippen LogP contribution in [0.4, 0.5) is 4.39 Å². The average Bonchev–Trinajstić information content (AvgIpc) is 3.39. The molecule has 1 aromatic heterocycles. The molecule has 6 heteroatoms. The SMILES string of the molecule is O=C(CCC1CCCC1)N1CCC(c2nc(-c3ccc(F)cc3)no2)CC1. The van der Waals surface area contributed by atoms with Crippen LogP contribution in [0.25, 0.3) is 11.4 Å². The molecule has 4 rings (SSSR count). The highest BCUT2D eigenvalue weighted by Crippen LogP contribution is 2.31. The van der Waals surface area contributed by atoms with Crippen LogP contribution in [0.1, 0.15) is 63.2 Å². The third-order valence-electron chi connectivity index (χ3n) is 5.98. The standard InChI is InChI=1S/C21H26FN3O2/c22-18-8-6-16(7-9-18)20-23-21(27-24-20)17-11-13-25(14-12-17)19(26)10-5-15-3-1-2-4-15/h6-9,15,17H,1-5,10-14H2. The fraction of sp³-hybridized carbons (Fsp3) is 0.571. The Bertz CT molecular complexity index is 760. The number of halogens is 1. The van der Waals surface area contributed by atoms with E-state index in [1.54, 1.807) is 12.1 Å². The number of nitrogens with zero attached hydrogens (tertiary/aromatic N) is 3. The fourth-order valence-corrected chi connectivity index (χ4v) is 4.28. The molecule has 2 aromatic rings. The Morgan fingerprint density at radius 1 is 1.11 bits per heavy atom. The minimum absolute atomic E-state index is 0.186. The monoisotopic (exact) mass is 371 g/mol. The third-order valence-corrected chi connectivity index (χ3v) is 5.98. The van der Waals surface area contributed by atoms with Gasteiger partial charge in [0, 0.05) is 31.0 Å². The lowest BCUT2D eigenvalue weighted by Crippen LogP contribution is -2.38. The zero-order valence-corrected chi connectivity index (χ0v) is 15.6. The second-order valence-corrected chi connectivity index (χ2v) is 7.81. The summed E-state index contributed by atoms with van der Waals surface area (Å²) in [6, 6.07) is 6.08. The van der Waals surface area contributed by atoms with Gasteiger partial charge in [-0.15, -0.1) is 0 Å². The number of hydrogen-bond donors (Lipinski definition) is 0. The predicted octanol–water partition coefficient (Wildman–Crippen LogP) is 4.55. The number of carbonyl (C=O) groups excluding carboxylic acids is 1. The summed E-state index contributed by atoms with van der Waals surface area (Å²) in [5, 5.41) is 4.03. The topological polar surface area (TPSA) is 59.2 Å². The molecule has 2 fully saturated rings. The van der Waals surface area contributed by atoms with Crippen LogP contribution in [-0.4, -0.2) is 34.0 Å². The van der Waals surface area contributed by atoms with Gasteiger partial charge in [-0.05, 0) is 49.4 Å². The maximum Gasteiger partial charge on any atom is 0.230 e. The van der Waals surface area contributed by atoms with Crippen molar-refractivity contribution in [1.82, 2.24) is 15.0 Å². The highest BCUT2D eigenvalue weighted by Gasteiger charge is 2.28. The van der Waals surface area contributed by atoms with Crippen molar-refractivity contribution in [3.05, 3.63) is 36.0 Å². The molecule has 0 bridgehead atoms. The van der Waals surface area contributed by atoms with Gasteiger partial charge in [-0.2, -0.15) is 4.98 Å². The molecule has 1 saturated heterocycles. The van der Waals surface area contributed by atoms with Crippen LogP contribution in [0.5, 0.6) is 0 Å². The number of amides is 1. The first-order valence-electron chi connectivity index (χ1n) is 10.1. The van der Waals surface area contributed by atoms with Crippen molar-refractivity contribution in [2.75, 3.05) is 13.1 Å². The predicted molar refractivity (Wildman–Crippen MR) is 99.4 cm³/mol. The number of piperidine rings is 1. The van der Waals surface area contributed by atoms with Gasteiger partial charge in [0.1, 0.15) is 5.82 Å². The fourth-order valence-electron chi connectivity index (χ4n) is 4.28. The summed E-state index contributed by atoms with van der Waals surface area (Å²) in [4.78, 5) is 18.9. The molecule has 2 heterocycles. The molecule has 0 spiro atoms. The molecule has 1 aliphatic carbocycles. The lowest BCUT2D eigenvalue weighted by molar-refractivity contribution is -0.132. The van der Waals surface area contributed by atoms with Gasteiger partial charge in [0.2, 0.25) is 17.6 Å². The van der Waals surface area contributed by atoms with Crippen LogP contribution < -0.4 is 0 Å². The van der Waals surface area contributed by atoms with E-state index < -0.39 is 0 Å². The van der Waals surface area contributed by atoms with Gasteiger partial charge in [0.05, 0.1) is 0 Å². The summed E-state index contributed by atoms with van der Waals surface area (Å²) in [6.07, 6.45) is 8.67. The summed E-state index contributed by atoms with van der Waals surface area (Å²) in [7, 11) is 0. The molecule has 0 atom stereocenters. The maximum atomic E-state index is 13.0. The highest BCUT2D eigenvalue weighted by atomic mass is 19.1. The van der Waals surface area contributed by atoms with Gasteiger partial charge in [-0.25, -0.2) is 4.39 Å². The van der Waals surface area contributed by atoms with Crippen LogP contribution in [0.15, 0.2) is 28.8 Å². The Morgan fingerprint density at radius 3 is 2.52 bits per heavy atom. The van der Waals surface area contributed by atoms with Crippen molar-refractivity contribution in [2.24, 2.45) is 5.92 Å². The Hall–Kier alpha value is -2.24. The second kappa shape index (κ2) is 8.19. The first kappa shape index (κ1) is 18.1. The Labute approximate surface area is 158 Å². The highest BCUT2D eigenvalue weighted by molar-refractivity contribution is 5.76. The summed E-state index contributed by atoms with van der Waals surface area (Å²) < 4.78 is 18.5. The molecule has 1 aliphatic heterocycles. The number of likely N-dealkylation sites (tertiary alicyclic amines) is 1. The van der Waals surface area contributed by atoms with Crippen molar-refractivity contribution in [2.45, 2.75) is 57.3 Å². The number of rotatable bonds is 5. The quantitative estimate of drug-likeness (QED) is 0.773. The van der Waals surface area contributed by atoms with Crippen molar-refractivity contribution in [3.8, 4) is 11.4 Å². The number of hydrogen-bond acceptors (Lipinski definition) is 4. The van der Waals surface area contributed by atoms with Crippen LogP contribution in [0.3, 0.4) is 0 Å². The van der Waals surface area contributed by atoms with E-state index in [1.165, 1.54) is 37.8 Å². The van der Waals surface area contributed by atoms with Gasteiger partial charge < -0.3 is 9.42 Å². The first-order chi connectivity index (χ1) is 13.2. The van der Waals surface area contributed by atoms with Crippen molar-refractivity contribution in [1.29, 1.82) is 0 Å². The van der Waals surface area contributed by atoms with Crippen molar-refractivity contribution < 1.29 is 13.7 Å². The molecule has 1 amide bonds. The van der Waals surface area contributed by atoms with Crippen molar-refractivity contribution in [3.63, 3.8) is 0 Å². The van der Waals surface area contributed by atoms with Gasteiger partial charge in [-0.3, -0.25) is 4.79 Å². The second-order valence-electron chi connectivity index (χ2n) is 7.81. The number of benzene rings is 1. The average molecular weight is 371 g/mol. The van der Waals surface area contributed by atoms with E-state index in [0.717, 1.165) is 43.8 Å². The first-order valence-corrected chi connectivity index (χ1v) is 10.1. The van der Waals surface area contributed by atoms with Gasteiger partial charge >= 0.3 is 0 Å². The normalized spacial score (nSPS) is 18.9. The maximum absolute atomic E-state index is 13.0. The Balaban J connectivity index is 1.29. The van der Waals surface area contributed by atoms with Gasteiger partial charge in [0.25, 0.3) is 0 Å². The van der Waals surface area contributed by atoms with Gasteiger partial charge in [-0.1, -0.05) is 30.8 Å². The summed E-state index contributed by atoms with van der Waals surface area (Å²) in [6.45, 7) is 1.50. The molecule has 0 unspecified atom stereocenters. The largest absolute Gasteiger partial charge is 0.343 e. The molecule has 144 valence electrons. The zero-order valence-electron chi connectivity index (χ0n) is 15.6. The molecule has 1 saturated carbocycles. The summed E-state index contributed by atoms with van der Waals surface area (Å²) in [5.74, 6) is 2.05. The molecule has 0 N–H and O–H groups in total. The van der Waals surface area contributed by atoms with E-state index >= 15 is 0 Å². The molecular weight excluding hydrogens is 345 g/mol. The minimum Gasteiger partial charge on any atom is -0.343 e. The van der Waals surface area contributed by atoms with E-state index in [9.17, 15) is 9.18 Å². The van der Waals surface area contributed by atoms with E-state index in [1.807, 2.05) is 4.90 Å². The van der Waals surface area contributed by atoms with Crippen LogP contribution in [0.2, 0.25) is 0 Å². The van der Waals surface area contributed by atoms with Gasteiger partial charge in [0.15, 0.2) is 0 Å². The lowest BCUT2D eigenvalue weighted by Gasteiger charge is -2.30. The van der Waals surface area contributed by atoms with Crippen LogP contribution in [0, 0.1) is 11.7 Å².